The molecule has 1 atom stereocenters. The molecule has 0 aliphatic rings. The molecule has 0 aliphatic heterocycles. The van der Waals surface area contributed by atoms with Crippen molar-refractivity contribution in [2.24, 2.45) is 0 Å². The number of alkyl halides is 3. The Bertz CT molecular complexity index is 1020. The molecular weight excluding hydrogens is 586 g/mol. The van der Waals surface area contributed by atoms with Crippen LogP contribution in [0.5, 0.6) is 0 Å². The van der Waals surface area contributed by atoms with Gasteiger partial charge in [0.15, 0.2) is 16.6 Å². The summed E-state index contributed by atoms with van der Waals surface area (Å²) in [6.07, 6.45) is -5.28. The summed E-state index contributed by atoms with van der Waals surface area (Å²) in [5.74, 6) is 0. The van der Waals surface area contributed by atoms with E-state index in [9.17, 15) is 13.2 Å². The Morgan fingerprint density at radius 1 is 0.615 bits per heavy atom. The van der Waals surface area contributed by atoms with E-state index in [0.717, 1.165) is 10.4 Å². The topological polar surface area (TPSA) is 36.9 Å². The molecule has 2 aromatic carbocycles. The lowest BCUT2D eigenvalue weighted by Gasteiger charge is -2.50. The molecule has 220 valence electrons. The molecule has 0 aliphatic carbocycles. The maximum Gasteiger partial charge on any atom is 0.398 e. The van der Waals surface area contributed by atoms with Crippen LogP contribution >= 0.6 is 0 Å². The number of halogens is 3. The Labute approximate surface area is 239 Å². The van der Waals surface area contributed by atoms with Gasteiger partial charge in [-0.1, -0.05) is 60.7 Å². The Morgan fingerprint density at radius 3 is 1.38 bits per heavy atom. The first-order valence-corrected chi connectivity index (χ1v) is 27.5. The van der Waals surface area contributed by atoms with Gasteiger partial charge in [-0.2, -0.15) is 13.2 Å². The summed E-state index contributed by atoms with van der Waals surface area (Å²) in [5.41, 5.74) is 0. The molecule has 0 fully saturated rings. The van der Waals surface area contributed by atoms with Gasteiger partial charge in [-0.3, -0.25) is 0 Å². The smallest absolute Gasteiger partial charge is 0.398 e. The van der Waals surface area contributed by atoms with Crippen molar-refractivity contribution in [3.05, 3.63) is 60.7 Å². The average molecular weight is 633 g/mol. The third kappa shape index (κ3) is 10.2. The minimum Gasteiger partial charge on any atom is -0.454 e. The number of benzene rings is 2. The van der Waals surface area contributed by atoms with Crippen LogP contribution in [0, 0.1) is 0 Å². The van der Waals surface area contributed by atoms with Crippen LogP contribution in [-0.2, 0) is 16.8 Å². The van der Waals surface area contributed by atoms with Crippen molar-refractivity contribution in [3.63, 3.8) is 0 Å². The van der Waals surface area contributed by atoms with Crippen molar-refractivity contribution in [3.8, 4) is 0 Å². The van der Waals surface area contributed by atoms with Gasteiger partial charge in [-0.15, -0.1) is 0 Å². The minimum atomic E-state index is -4.32. The van der Waals surface area contributed by atoms with Gasteiger partial charge in [-0.05, 0) is 89.2 Å². The van der Waals surface area contributed by atoms with Crippen molar-refractivity contribution in [2.75, 3.05) is 0 Å². The monoisotopic (exact) mass is 632 g/mol. The SMILES string of the molecule is CC(C)(O[Si](O[Si](C)(CCC(F)(F)F)O[Si](C)(C)C)(c1ccccc1)c1ccccc1)[Si](C)(C)O[Si](C)(C)C. The predicted octanol–water partition coefficient (Wildman–Crippen LogP) is 7.53. The minimum absolute atomic E-state index is 0.203. The van der Waals surface area contributed by atoms with Gasteiger partial charge < -0.3 is 16.8 Å². The number of hydrogen-bond acceptors (Lipinski definition) is 4. The second-order valence-electron chi connectivity index (χ2n) is 13.3. The van der Waals surface area contributed by atoms with Crippen molar-refractivity contribution >= 4 is 52.4 Å². The fourth-order valence-electron chi connectivity index (χ4n) is 4.55. The zero-order valence-corrected chi connectivity index (χ0v) is 30.5. The highest BCUT2D eigenvalue weighted by Crippen LogP contribution is 2.36. The van der Waals surface area contributed by atoms with Gasteiger partial charge in [0, 0.05) is 6.42 Å². The summed E-state index contributed by atoms with van der Waals surface area (Å²) in [5, 5.41) is 0.947. The maximum atomic E-state index is 13.6. The van der Waals surface area contributed by atoms with Crippen LogP contribution in [0.2, 0.25) is 65.0 Å². The molecule has 39 heavy (non-hydrogen) atoms. The summed E-state index contributed by atoms with van der Waals surface area (Å²) in [4.78, 5) is 0. The molecule has 0 saturated heterocycles. The van der Waals surface area contributed by atoms with E-state index < -0.39 is 59.9 Å². The summed E-state index contributed by atoms with van der Waals surface area (Å²) < 4.78 is 68.6. The predicted molar refractivity (Wildman–Crippen MR) is 168 cm³/mol. The Hall–Kier alpha value is -0.846. The average Bonchev–Trinajstić information content (AvgIpc) is 2.75. The van der Waals surface area contributed by atoms with Crippen molar-refractivity contribution in [2.45, 2.75) is 96.6 Å². The first kappa shape index (κ1) is 34.4. The van der Waals surface area contributed by atoms with Crippen LogP contribution in [0.4, 0.5) is 13.2 Å². The third-order valence-electron chi connectivity index (χ3n) is 6.46. The Kier molecular flexibility index (Phi) is 10.7. The molecule has 2 rings (SSSR count). The van der Waals surface area contributed by atoms with Gasteiger partial charge in [0.25, 0.3) is 0 Å². The first-order chi connectivity index (χ1) is 17.5. The van der Waals surface area contributed by atoms with E-state index in [-0.39, 0.29) is 6.04 Å². The second kappa shape index (κ2) is 12.2. The standard InChI is InChI=1S/C27H47F3O4Si5/c1-26(2,37(9,10)32-35(3,4)5)31-39(24-18-14-12-15-19-24,25-20-16-13-17-21-25)34-38(11,33-36(6,7)8)23-22-27(28,29)30/h12-21H,22-23H2,1-11H3. The lowest BCUT2D eigenvalue weighted by Crippen LogP contribution is -2.74. The molecule has 12 heteroatoms. The van der Waals surface area contributed by atoms with Crippen molar-refractivity contribution < 1.29 is 29.9 Å². The van der Waals surface area contributed by atoms with Gasteiger partial charge in [0.05, 0.1) is 5.22 Å². The molecule has 0 amide bonds. The van der Waals surface area contributed by atoms with E-state index in [1.165, 1.54) is 0 Å². The van der Waals surface area contributed by atoms with Crippen LogP contribution in [-0.4, -0.2) is 53.5 Å². The van der Waals surface area contributed by atoms with Gasteiger partial charge >= 0.3 is 23.3 Å². The Balaban J connectivity index is 2.82. The molecule has 4 nitrogen and oxygen atoms in total. The van der Waals surface area contributed by atoms with Crippen LogP contribution in [0.25, 0.3) is 0 Å². The fraction of sp³-hybridized carbons (Fsp3) is 0.556. The summed E-state index contributed by atoms with van der Waals surface area (Å²) >= 11 is 0. The molecular formula is C27H47F3O4Si5. The van der Waals surface area contributed by atoms with E-state index in [1.807, 2.05) is 94.2 Å². The summed E-state index contributed by atoms with van der Waals surface area (Å²) in [6.45, 7) is 22.6. The van der Waals surface area contributed by atoms with Crippen LogP contribution < -0.4 is 10.4 Å². The van der Waals surface area contributed by atoms with Crippen molar-refractivity contribution in [1.29, 1.82) is 0 Å². The van der Waals surface area contributed by atoms with Crippen LogP contribution in [0.1, 0.15) is 20.3 Å². The zero-order valence-electron chi connectivity index (χ0n) is 25.5. The molecule has 2 aromatic rings. The highest BCUT2D eigenvalue weighted by molar-refractivity contribution is 6.99. The summed E-state index contributed by atoms with van der Waals surface area (Å²) in [6, 6.07) is 19.2. The van der Waals surface area contributed by atoms with Gasteiger partial charge in [0.2, 0.25) is 8.32 Å². The summed E-state index contributed by atoms with van der Waals surface area (Å²) in [7, 11) is -13.8. The molecule has 0 spiro atoms. The normalized spacial score (nSPS) is 15.7. The highest BCUT2D eigenvalue weighted by Gasteiger charge is 2.57. The third-order valence-corrected chi connectivity index (χ3v) is 25.4. The van der Waals surface area contributed by atoms with E-state index >= 15 is 0 Å². The van der Waals surface area contributed by atoms with Gasteiger partial charge in [0.1, 0.15) is 0 Å². The first-order valence-electron chi connectivity index (χ1n) is 13.5. The van der Waals surface area contributed by atoms with E-state index in [1.54, 1.807) is 6.55 Å². The lowest BCUT2D eigenvalue weighted by molar-refractivity contribution is -0.131. The molecule has 0 aromatic heterocycles. The van der Waals surface area contributed by atoms with Crippen LogP contribution in [0.15, 0.2) is 60.7 Å². The molecule has 0 heterocycles. The van der Waals surface area contributed by atoms with E-state index in [4.69, 9.17) is 16.8 Å². The molecule has 0 N–H and O–H groups in total. The van der Waals surface area contributed by atoms with E-state index in [0.29, 0.717) is 0 Å². The quantitative estimate of drug-likeness (QED) is 0.214. The van der Waals surface area contributed by atoms with Crippen LogP contribution in [0.3, 0.4) is 0 Å². The largest absolute Gasteiger partial charge is 0.454 e. The molecule has 1 unspecified atom stereocenters. The van der Waals surface area contributed by atoms with Crippen molar-refractivity contribution in [1.82, 2.24) is 0 Å². The number of hydrogen-bond donors (Lipinski definition) is 0. The lowest BCUT2D eigenvalue weighted by atomic mass is 10.4. The molecule has 0 saturated carbocycles. The highest BCUT2D eigenvalue weighted by atomic mass is 28.5. The van der Waals surface area contributed by atoms with Gasteiger partial charge in [-0.25, -0.2) is 0 Å². The fourth-order valence-corrected chi connectivity index (χ4v) is 26.4. The zero-order chi connectivity index (χ0) is 30.0. The second-order valence-corrected chi connectivity index (χ2v) is 33.7. The Morgan fingerprint density at radius 2 is 1.03 bits per heavy atom. The molecule has 0 radical (unpaired) electrons. The van der Waals surface area contributed by atoms with E-state index in [2.05, 4.69) is 32.7 Å². The number of rotatable bonds is 13. The maximum absolute atomic E-state index is 13.6. The molecule has 0 bridgehead atoms.